The van der Waals surface area contributed by atoms with E-state index in [0.717, 1.165) is 22.3 Å². The Morgan fingerprint density at radius 1 is 1.00 bits per heavy atom. The number of rotatable bonds is 10. The van der Waals surface area contributed by atoms with Crippen molar-refractivity contribution in [1.82, 2.24) is 10.6 Å². The van der Waals surface area contributed by atoms with E-state index >= 15 is 0 Å². The molecule has 0 saturated carbocycles. The summed E-state index contributed by atoms with van der Waals surface area (Å²) in [5.41, 5.74) is 3.30. The molecule has 3 N–H and O–H groups in total. The van der Waals surface area contributed by atoms with Crippen LogP contribution in [0.3, 0.4) is 0 Å². The van der Waals surface area contributed by atoms with Crippen LogP contribution < -0.4 is 10.6 Å². The molecule has 7 nitrogen and oxygen atoms in total. The van der Waals surface area contributed by atoms with Crippen molar-refractivity contribution in [2.24, 2.45) is 11.8 Å². The first kappa shape index (κ1) is 25.3. The summed E-state index contributed by atoms with van der Waals surface area (Å²) in [4.78, 5) is 36.4. The van der Waals surface area contributed by atoms with E-state index in [4.69, 9.17) is 9.84 Å². The summed E-state index contributed by atoms with van der Waals surface area (Å²) in [7, 11) is 0. The van der Waals surface area contributed by atoms with Crippen molar-refractivity contribution >= 4 is 18.0 Å². The van der Waals surface area contributed by atoms with Gasteiger partial charge in [-0.2, -0.15) is 0 Å². The molecule has 2 amide bonds. The third-order valence-corrected chi connectivity index (χ3v) is 6.15. The number of carbonyl (C=O) groups is 3. The molecule has 0 saturated heterocycles. The molecule has 2 aromatic carbocycles. The van der Waals surface area contributed by atoms with Gasteiger partial charge < -0.3 is 20.5 Å². The van der Waals surface area contributed by atoms with Gasteiger partial charge in [0.1, 0.15) is 12.1 Å². The zero-order valence-electron chi connectivity index (χ0n) is 20.3. The van der Waals surface area contributed by atoms with Crippen LogP contribution in [0.2, 0.25) is 0 Å². The van der Waals surface area contributed by atoms with Crippen LogP contribution in [0.15, 0.2) is 48.5 Å². The molecule has 34 heavy (non-hydrogen) atoms. The summed E-state index contributed by atoms with van der Waals surface area (Å²) in [6.07, 6.45) is -0.00261. The van der Waals surface area contributed by atoms with Crippen molar-refractivity contribution in [3.8, 4) is 11.1 Å². The molecule has 2 aromatic rings. The molecule has 0 radical (unpaired) electrons. The van der Waals surface area contributed by atoms with E-state index in [2.05, 4.69) is 22.8 Å². The molecule has 0 fully saturated rings. The lowest BCUT2D eigenvalue weighted by Gasteiger charge is -2.27. The number of carbonyl (C=O) groups excluding carboxylic acids is 2. The van der Waals surface area contributed by atoms with Crippen LogP contribution in [0.4, 0.5) is 4.79 Å². The van der Waals surface area contributed by atoms with E-state index in [1.54, 1.807) is 13.8 Å². The fourth-order valence-corrected chi connectivity index (χ4v) is 4.56. The van der Waals surface area contributed by atoms with Crippen LogP contribution in [-0.2, 0) is 14.3 Å². The lowest BCUT2D eigenvalue weighted by molar-refractivity contribution is -0.138. The van der Waals surface area contributed by atoms with Gasteiger partial charge in [-0.25, -0.2) is 4.79 Å². The van der Waals surface area contributed by atoms with Crippen molar-refractivity contribution < 1.29 is 24.2 Å². The smallest absolute Gasteiger partial charge is 0.408 e. The number of nitrogens with one attached hydrogen (secondary N) is 2. The Labute approximate surface area is 200 Å². The van der Waals surface area contributed by atoms with Crippen molar-refractivity contribution in [3.05, 3.63) is 59.7 Å². The minimum atomic E-state index is -1.21. The van der Waals surface area contributed by atoms with Gasteiger partial charge in [0.05, 0.1) is 0 Å². The molecule has 1 aliphatic rings. The Kier molecular flexibility index (Phi) is 7.97. The van der Waals surface area contributed by atoms with Gasteiger partial charge in [0, 0.05) is 18.9 Å². The topological polar surface area (TPSA) is 105 Å². The fourth-order valence-electron chi connectivity index (χ4n) is 4.56. The predicted molar refractivity (Wildman–Crippen MR) is 130 cm³/mol. The Bertz CT molecular complexity index is 1000. The summed E-state index contributed by atoms with van der Waals surface area (Å²) in [5.74, 6) is -1.21. The predicted octanol–water partition coefficient (Wildman–Crippen LogP) is 4.56. The van der Waals surface area contributed by atoms with Crippen LogP contribution in [-0.4, -0.2) is 41.8 Å². The number of amides is 2. The standard InChI is InChI=1S/C27H34N2O5/c1-17(2)13-18(14-24(30)31)15-28-25(32)27(3,4)29-26(33)34-16-23-21-11-7-5-9-19(21)20-10-6-8-12-22(20)23/h5-12,17-18,23H,13-16H2,1-4H3,(H,28,32)(H,29,33)(H,30,31). The second-order valence-electron chi connectivity index (χ2n) is 9.88. The molecule has 1 atom stereocenters. The third-order valence-electron chi connectivity index (χ3n) is 6.15. The van der Waals surface area contributed by atoms with Crippen LogP contribution in [0.5, 0.6) is 0 Å². The van der Waals surface area contributed by atoms with E-state index in [1.165, 1.54) is 0 Å². The molecule has 7 heteroatoms. The van der Waals surface area contributed by atoms with Crippen LogP contribution in [0.1, 0.15) is 57.6 Å². The zero-order chi connectivity index (χ0) is 24.9. The third kappa shape index (κ3) is 6.16. The zero-order valence-corrected chi connectivity index (χ0v) is 20.3. The van der Waals surface area contributed by atoms with Gasteiger partial charge in [-0.05, 0) is 54.4 Å². The lowest BCUT2D eigenvalue weighted by atomic mass is 9.93. The number of aliphatic carboxylic acids is 1. The largest absolute Gasteiger partial charge is 0.481 e. The highest BCUT2D eigenvalue weighted by Gasteiger charge is 2.33. The number of benzene rings is 2. The maximum Gasteiger partial charge on any atom is 0.408 e. The van der Waals surface area contributed by atoms with Gasteiger partial charge in [-0.1, -0.05) is 62.4 Å². The highest BCUT2D eigenvalue weighted by atomic mass is 16.5. The molecule has 1 aliphatic carbocycles. The second kappa shape index (κ2) is 10.7. The number of hydrogen-bond donors (Lipinski definition) is 3. The van der Waals surface area contributed by atoms with Crippen molar-refractivity contribution in [3.63, 3.8) is 0 Å². The van der Waals surface area contributed by atoms with E-state index in [9.17, 15) is 14.4 Å². The van der Waals surface area contributed by atoms with Gasteiger partial charge in [0.25, 0.3) is 0 Å². The summed E-state index contributed by atoms with van der Waals surface area (Å²) in [6, 6.07) is 16.2. The summed E-state index contributed by atoms with van der Waals surface area (Å²) < 4.78 is 5.55. The van der Waals surface area contributed by atoms with Gasteiger partial charge in [0.2, 0.25) is 5.91 Å². The summed E-state index contributed by atoms with van der Waals surface area (Å²) >= 11 is 0. The first-order valence-electron chi connectivity index (χ1n) is 11.7. The van der Waals surface area contributed by atoms with E-state index in [-0.39, 0.29) is 37.3 Å². The molecule has 0 aliphatic heterocycles. The number of fused-ring (bicyclic) bond motifs is 3. The monoisotopic (exact) mass is 466 g/mol. The maximum atomic E-state index is 12.7. The molecular formula is C27H34N2O5. The lowest BCUT2D eigenvalue weighted by Crippen LogP contribution is -2.55. The SMILES string of the molecule is CC(C)CC(CNC(=O)C(C)(C)NC(=O)OCC1c2ccccc2-c2ccccc21)CC(=O)O. The molecular weight excluding hydrogens is 432 g/mol. The molecule has 0 aromatic heterocycles. The average Bonchev–Trinajstić information content (AvgIpc) is 3.08. The van der Waals surface area contributed by atoms with E-state index in [1.807, 2.05) is 50.2 Å². The minimum absolute atomic E-state index is 0.0152. The molecule has 0 bridgehead atoms. The normalized spacial score (nSPS) is 13.7. The Morgan fingerprint density at radius 3 is 2.09 bits per heavy atom. The highest BCUT2D eigenvalue weighted by molar-refractivity contribution is 5.89. The Morgan fingerprint density at radius 2 is 1.56 bits per heavy atom. The van der Waals surface area contributed by atoms with Crippen molar-refractivity contribution in [2.45, 2.75) is 52.0 Å². The van der Waals surface area contributed by atoms with E-state index < -0.39 is 17.6 Å². The number of ether oxygens (including phenoxy) is 1. The first-order chi connectivity index (χ1) is 16.1. The molecule has 0 spiro atoms. The quantitative estimate of drug-likeness (QED) is 0.476. The molecule has 0 heterocycles. The van der Waals surface area contributed by atoms with Crippen molar-refractivity contribution in [1.29, 1.82) is 0 Å². The molecule has 3 rings (SSSR count). The Balaban J connectivity index is 1.57. The number of hydrogen-bond acceptors (Lipinski definition) is 4. The van der Waals surface area contributed by atoms with Crippen LogP contribution >= 0.6 is 0 Å². The summed E-state index contributed by atoms with van der Waals surface area (Å²) in [5, 5.41) is 14.6. The summed E-state index contributed by atoms with van der Waals surface area (Å²) in [6.45, 7) is 7.61. The number of alkyl carbamates (subject to hydrolysis) is 1. The number of carboxylic acid groups (broad SMARTS) is 1. The average molecular weight is 467 g/mol. The van der Waals surface area contributed by atoms with Gasteiger partial charge in [-0.3, -0.25) is 9.59 Å². The second-order valence-corrected chi connectivity index (χ2v) is 9.88. The molecule has 1 unspecified atom stereocenters. The van der Waals surface area contributed by atoms with Crippen LogP contribution in [0, 0.1) is 11.8 Å². The van der Waals surface area contributed by atoms with Gasteiger partial charge in [-0.15, -0.1) is 0 Å². The highest BCUT2D eigenvalue weighted by Crippen LogP contribution is 2.44. The van der Waals surface area contributed by atoms with Crippen LogP contribution in [0.25, 0.3) is 11.1 Å². The van der Waals surface area contributed by atoms with Crippen molar-refractivity contribution in [2.75, 3.05) is 13.2 Å². The first-order valence-corrected chi connectivity index (χ1v) is 11.7. The van der Waals surface area contributed by atoms with E-state index in [0.29, 0.717) is 12.3 Å². The number of carboxylic acids is 1. The minimum Gasteiger partial charge on any atom is -0.481 e. The van der Waals surface area contributed by atoms with Gasteiger partial charge in [0.15, 0.2) is 0 Å². The molecule has 182 valence electrons. The van der Waals surface area contributed by atoms with Gasteiger partial charge >= 0.3 is 12.1 Å². The fraction of sp³-hybridized carbons (Fsp3) is 0.444. The Hall–Kier alpha value is -3.35. The maximum absolute atomic E-state index is 12.7.